The van der Waals surface area contributed by atoms with Gasteiger partial charge in [-0.05, 0) is 67.0 Å². The molecule has 6 bridgehead atoms. The van der Waals surface area contributed by atoms with E-state index in [2.05, 4.69) is 30.9 Å². The van der Waals surface area contributed by atoms with Crippen LogP contribution < -0.4 is 16.0 Å². The number of hydrogen-bond donors (Lipinski definition) is 3. The fraction of sp³-hybridized carbons (Fsp3) is 0.424. The number of aromatic nitrogens is 3. The molecule has 18 heteroatoms. The van der Waals surface area contributed by atoms with Gasteiger partial charge in [0.1, 0.15) is 5.02 Å². The Hall–Kier alpha value is -4.80. The number of nitrogens with zero attached hydrogens (tertiary/aromatic N) is 4. The van der Waals surface area contributed by atoms with E-state index in [0.29, 0.717) is 42.7 Å². The number of likely N-dealkylation sites (tertiary alicyclic amines) is 1. The molecule has 0 atom stereocenters. The van der Waals surface area contributed by atoms with Gasteiger partial charge in [-0.25, -0.2) is 4.98 Å². The lowest BCUT2D eigenvalue weighted by molar-refractivity contribution is -0.193. The van der Waals surface area contributed by atoms with E-state index < -0.39 is 23.9 Å². The molecule has 2 aromatic heterocycles. The number of Topliss-reactive ketones (excluding diaryl/α,β-unsaturated/α-hetero) is 2. The van der Waals surface area contributed by atoms with E-state index >= 15 is 0 Å². The van der Waals surface area contributed by atoms with Crippen molar-refractivity contribution in [1.29, 1.82) is 0 Å². The number of piperidine rings is 1. The van der Waals surface area contributed by atoms with Gasteiger partial charge in [0.25, 0.3) is 0 Å². The van der Waals surface area contributed by atoms with Gasteiger partial charge in [0, 0.05) is 42.5 Å². The summed E-state index contributed by atoms with van der Waals surface area (Å²) in [5, 5.41) is 10.0. The van der Waals surface area contributed by atoms with E-state index in [-0.39, 0.29) is 23.1 Å². The number of fused-ring (bicyclic) bond motifs is 6. The fourth-order valence-corrected chi connectivity index (χ4v) is 5.43. The molecule has 3 aromatic rings. The molecule has 2 amide bonds. The maximum atomic E-state index is 13.1. The number of carbonyl (C=O) groups is 4. The van der Waals surface area contributed by atoms with Gasteiger partial charge in [-0.15, -0.1) is 0 Å². The Morgan fingerprint density at radius 2 is 1.53 bits per heavy atom. The van der Waals surface area contributed by atoms with Crippen LogP contribution >= 0.6 is 11.6 Å². The van der Waals surface area contributed by atoms with Crippen molar-refractivity contribution in [2.45, 2.75) is 65.2 Å². The minimum absolute atomic E-state index is 0.00757. The monoisotopic (exact) mass is 741 g/mol. The number of pyridine rings is 1. The number of benzene rings is 1. The van der Waals surface area contributed by atoms with Gasteiger partial charge in [-0.3, -0.25) is 24.2 Å². The lowest BCUT2D eigenvalue weighted by atomic mass is 9.89. The zero-order chi connectivity index (χ0) is 37.7. The molecule has 0 aliphatic carbocycles. The number of nitrogens with one attached hydrogen (secondary N) is 3. The minimum atomic E-state index is -5.77. The van der Waals surface area contributed by atoms with Crippen molar-refractivity contribution in [2.24, 2.45) is 11.3 Å². The summed E-state index contributed by atoms with van der Waals surface area (Å²) in [5.41, 5.74) is 4.07. The van der Waals surface area contributed by atoms with Crippen LogP contribution in [-0.2, 0) is 32.0 Å². The van der Waals surface area contributed by atoms with Crippen molar-refractivity contribution in [3.8, 4) is 0 Å². The number of hydrogen-bond acceptors (Lipinski definition) is 9. The molecule has 11 nitrogen and oxygen atoms in total. The number of anilines is 5. The summed E-state index contributed by atoms with van der Waals surface area (Å²) in [4.78, 5) is 60.0. The summed E-state index contributed by atoms with van der Waals surface area (Å²) in [6.45, 7) is 7.25. The van der Waals surface area contributed by atoms with Gasteiger partial charge in [-0.1, -0.05) is 32.4 Å². The molecule has 0 unspecified atom stereocenters. The zero-order valence-electron chi connectivity index (χ0n) is 27.6. The average Bonchev–Trinajstić information content (AvgIpc) is 3.05. The summed E-state index contributed by atoms with van der Waals surface area (Å²) in [5.74, 6) is -5.49. The molecule has 1 aromatic carbocycles. The van der Waals surface area contributed by atoms with Crippen LogP contribution in [0.3, 0.4) is 0 Å². The van der Waals surface area contributed by atoms with Crippen LogP contribution in [0.1, 0.15) is 51.2 Å². The quantitative estimate of drug-likeness (QED) is 0.191. The van der Waals surface area contributed by atoms with E-state index in [1.165, 1.54) is 0 Å². The molecular weight excluding hydrogens is 708 g/mol. The molecule has 0 radical (unpaired) electrons. The first-order valence-electron chi connectivity index (χ1n) is 15.7. The second kappa shape index (κ2) is 15.6. The molecule has 2 aliphatic heterocycles. The Morgan fingerprint density at radius 1 is 0.882 bits per heavy atom. The summed E-state index contributed by atoms with van der Waals surface area (Å²) in [6, 6.07) is 7.87. The number of ketones is 2. The van der Waals surface area contributed by atoms with Gasteiger partial charge in [0.15, 0.2) is 5.82 Å². The van der Waals surface area contributed by atoms with Crippen LogP contribution in [0.15, 0.2) is 42.9 Å². The van der Waals surface area contributed by atoms with Crippen LogP contribution in [0.5, 0.6) is 0 Å². The average molecular weight is 742 g/mol. The highest BCUT2D eigenvalue weighted by atomic mass is 35.5. The smallest absolute Gasteiger partial charge is 0.342 e. The molecule has 0 saturated carbocycles. The first kappa shape index (κ1) is 39.0. The molecule has 5 rings (SSSR count). The van der Waals surface area contributed by atoms with Gasteiger partial charge in [0.05, 0.1) is 18.1 Å². The van der Waals surface area contributed by atoms with Crippen molar-refractivity contribution < 1.29 is 45.5 Å². The van der Waals surface area contributed by atoms with Crippen molar-refractivity contribution in [3.63, 3.8) is 0 Å². The van der Waals surface area contributed by atoms with Gasteiger partial charge in [0.2, 0.25) is 17.8 Å². The molecule has 3 N–H and O–H groups in total. The standard InChI is InChI=1S/C29H34ClN7O2.C4F6O2/c1-29(2,3)27(39)37-10-8-18(9-11-37)13-25(38)35-24-7-6-21-14-20(24)5-4-19-12-22(16-31-15-19)34-28-32-17-23(30)26(33-21)36-28;5-3(6,7)1(11)2(12)4(8,9)10/h6-7,12,14-18H,4-5,8-11,13H2,1-3H3,(H,35,38)(H2,32,33,34,36);. The predicted molar refractivity (Wildman–Crippen MR) is 176 cm³/mol. The predicted octanol–water partition coefficient (Wildman–Crippen LogP) is 6.97. The Morgan fingerprint density at radius 3 is 2.14 bits per heavy atom. The molecular formula is C33H34ClF6N7O4. The maximum absolute atomic E-state index is 13.1. The van der Waals surface area contributed by atoms with Gasteiger partial charge in [-0.2, -0.15) is 31.3 Å². The van der Waals surface area contributed by atoms with Gasteiger partial charge >= 0.3 is 23.9 Å². The van der Waals surface area contributed by atoms with E-state index in [1.807, 2.05) is 56.1 Å². The van der Waals surface area contributed by atoms with Crippen LogP contribution in [0.4, 0.5) is 55.2 Å². The Kier molecular flexibility index (Phi) is 11.9. The second-order valence-electron chi connectivity index (χ2n) is 13.0. The lowest BCUT2D eigenvalue weighted by Gasteiger charge is -2.35. The van der Waals surface area contributed by atoms with Crippen molar-refractivity contribution >= 4 is 63.8 Å². The molecule has 0 spiro atoms. The highest BCUT2D eigenvalue weighted by molar-refractivity contribution is 6.41. The highest BCUT2D eigenvalue weighted by Gasteiger charge is 2.54. The van der Waals surface area contributed by atoms with E-state index in [0.717, 1.165) is 47.5 Å². The maximum Gasteiger partial charge on any atom is 0.458 e. The highest BCUT2D eigenvalue weighted by Crippen LogP contribution is 2.31. The van der Waals surface area contributed by atoms with Crippen molar-refractivity contribution in [2.75, 3.05) is 29.0 Å². The molecule has 2 aliphatic rings. The Balaban J connectivity index is 0.000000417. The van der Waals surface area contributed by atoms with Crippen molar-refractivity contribution in [1.82, 2.24) is 19.9 Å². The summed E-state index contributed by atoms with van der Waals surface area (Å²) >= 11 is 6.37. The number of amides is 2. The molecule has 4 heterocycles. The normalized spacial score (nSPS) is 15.0. The van der Waals surface area contributed by atoms with Crippen LogP contribution in [-0.4, -0.2) is 68.7 Å². The van der Waals surface area contributed by atoms with Crippen LogP contribution in [0, 0.1) is 11.3 Å². The third kappa shape index (κ3) is 10.8. The summed E-state index contributed by atoms with van der Waals surface area (Å²) < 4.78 is 67.0. The Labute approximate surface area is 293 Å². The van der Waals surface area contributed by atoms with Crippen LogP contribution in [0.25, 0.3) is 0 Å². The first-order valence-corrected chi connectivity index (χ1v) is 16.0. The lowest BCUT2D eigenvalue weighted by Crippen LogP contribution is -2.44. The van der Waals surface area contributed by atoms with E-state index in [9.17, 15) is 45.5 Å². The number of aryl methyl sites for hydroxylation is 2. The van der Waals surface area contributed by atoms with Gasteiger partial charge < -0.3 is 20.9 Å². The zero-order valence-corrected chi connectivity index (χ0v) is 28.4. The van der Waals surface area contributed by atoms with E-state index in [4.69, 9.17) is 11.6 Å². The number of alkyl halides is 6. The molecule has 1 fully saturated rings. The SMILES string of the molecule is CC(C)(C)C(=O)N1CCC(CC(=O)Nc2ccc3cc2CCc2cncc(c2)Nc2ncc(Cl)c(n2)N3)CC1.O=C(C(=O)C(F)(F)F)C(F)(F)F. The van der Waals surface area contributed by atoms with Crippen LogP contribution in [0.2, 0.25) is 5.02 Å². The minimum Gasteiger partial charge on any atom is -0.342 e. The summed E-state index contributed by atoms with van der Waals surface area (Å²) in [7, 11) is 0. The largest absolute Gasteiger partial charge is 0.458 e. The molecule has 1 saturated heterocycles. The first-order chi connectivity index (χ1) is 23.7. The molecule has 51 heavy (non-hydrogen) atoms. The molecule has 274 valence electrons. The number of halogens is 7. The fourth-order valence-electron chi connectivity index (χ4n) is 5.29. The van der Waals surface area contributed by atoms with E-state index in [1.54, 1.807) is 12.4 Å². The second-order valence-corrected chi connectivity index (χ2v) is 13.4. The third-order valence-electron chi connectivity index (χ3n) is 7.86. The third-order valence-corrected chi connectivity index (χ3v) is 8.14. The summed E-state index contributed by atoms with van der Waals surface area (Å²) in [6.07, 6.45) is -2.86. The topological polar surface area (TPSA) is 146 Å². The Bertz CT molecular complexity index is 1760. The number of carbonyl (C=O) groups excluding carboxylic acids is 4. The number of rotatable bonds is 4. The van der Waals surface area contributed by atoms with Crippen molar-refractivity contribution in [3.05, 3.63) is 59.0 Å².